The number of rotatable bonds is 9. The van der Waals surface area contributed by atoms with Gasteiger partial charge in [0.1, 0.15) is 10.8 Å². The molecule has 168 valence electrons. The molecule has 1 aromatic heterocycles. The number of amides is 1. The number of hydrogen-bond acceptors (Lipinski definition) is 5. The van der Waals surface area contributed by atoms with Crippen LogP contribution in [-0.4, -0.2) is 47.4 Å². The Morgan fingerprint density at radius 3 is 2.65 bits per heavy atom. The molecule has 0 unspecified atom stereocenters. The fraction of sp³-hybridized carbons (Fsp3) is 0.600. The summed E-state index contributed by atoms with van der Waals surface area (Å²) < 4.78 is 6.09. The third-order valence-electron chi connectivity index (χ3n) is 6.56. The maximum atomic E-state index is 12.7. The lowest BCUT2D eigenvalue weighted by atomic mass is 9.97. The van der Waals surface area contributed by atoms with Gasteiger partial charge in [0.05, 0.1) is 13.2 Å². The van der Waals surface area contributed by atoms with E-state index in [4.69, 9.17) is 4.74 Å². The van der Waals surface area contributed by atoms with Crippen molar-refractivity contribution >= 4 is 17.2 Å². The van der Waals surface area contributed by atoms with Gasteiger partial charge in [0.25, 0.3) is 0 Å². The first-order chi connectivity index (χ1) is 15.2. The van der Waals surface area contributed by atoms with Crippen LogP contribution in [0, 0.1) is 11.8 Å². The van der Waals surface area contributed by atoms with Crippen LogP contribution < -0.4 is 4.74 Å². The van der Waals surface area contributed by atoms with E-state index in [2.05, 4.69) is 46.1 Å². The second-order valence-electron chi connectivity index (χ2n) is 9.26. The van der Waals surface area contributed by atoms with E-state index in [1.54, 1.807) is 11.3 Å². The highest BCUT2D eigenvalue weighted by Gasteiger charge is 2.27. The topological polar surface area (TPSA) is 45.7 Å². The second kappa shape index (κ2) is 11.1. The van der Waals surface area contributed by atoms with Crippen molar-refractivity contribution in [2.75, 3.05) is 26.7 Å². The van der Waals surface area contributed by atoms with Crippen LogP contribution in [0.3, 0.4) is 0 Å². The normalized spacial score (nSPS) is 19.8. The number of piperidine rings is 1. The van der Waals surface area contributed by atoms with Crippen molar-refractivity contribution in [3.63, 3.8) is 0 Å². The van der Waals surface area contributed by atoms with Gasteiger partial charge in [-0.05, 0) is 56.3 Å². The summed E-state index contributed by atoms with van der Waals surface area (Å²) in [6.07, 6.45) is 9.93. The van der Waals surface area contributed by atoms with E-state index in [0.717, 1.165) is 56.2 Å². The van der Waals surface area contributed by atoms with Crippen LogP contribution in [0.5, 0.6) is 5.75 Å². The Morgan fingerprint density at radius 2 is 1.90 bits per heavy atom. The molecule has 2 heterocycles. The van der Waals surface area contributed by atoms with Crippen molar-refractivity contribution < 1.29 is 9.53 Å². The Morgan fingerprint density at radius 1 is 1.13 bits per heavy atom. The quantitative estimate of drug-likeness (QED) is 0.551. The molecule has 0 bridgehead atoms. The molecular formula is C25H35N3O2S. The lowest BCUT2D eigenvalue weighted by Gasteiger charge is -2.33. The average molecular weight is 442 g/mol. The molecule has 6 heteroatoms. The van der Waals surface area contributed by atoms with Crippen LogP contribution in [0.1, 0.15) is 55.5 Å². The van der Waals surface area contributed by atoms with Gasteiger partial charge in [0.15, 0.2) is 0 Å². The summed E-state index contributed by atoms with van der Waals surface area (Å²) in [6, 6.07) is 8.43. The van der Waals surface area contributed by atoms with Gasteiger partial charge in [0, 0.05) is 43.5 Å². The summed E-state index contributed by atoms with van der Waals surface area (Å²) >= 11 is 1.70. The standard InChI is InChI=1S/C25H35N3O2S/c1-27(18-24-26-12-14-31-24)16-21-8-10-23(11-9-21)30-19-22-7-4-13-28(17-22)25(29)15-20-5-2-3-6-20/h8-12,14,20,22H,2-7,13,15-19H2,1H3/t22-/m1/s1. The number of aromatic nitrogens is 1. The van der Waals surface area contributed by atoms with Gasteiger partial charge in [0.2, 0.25) is 5.91 Å². The molecule has 1 saturated heterocycles. The lowest BCUT2D eigenvalue weighted by Crippen LogP contribution is -2.42. The highest BCUT2D eigenvalue weighted by Crippen LogP contribution is 2.29. The van der Waals surface area contributed by atoms with E-state index in [9.17, 15) is 4.79 Å². The summed E-state index contributed by atoms with van der Waals surface area (Å²) in [5.41, 5.74) is 1.27. The molecule has 31 heavy (non-hydrogen) atoms. The molecule has 1 amide bonds. The Balaban J connectivity index is 1.20. The van der Waals surface area contributed by atoms with Crippen LogP contribution in [0.15, 0.2) is 35.8 Å². The molecule has 1 saturated carbocycles. The lowest BCUT2D eigenvalue weighted by molar-refractivity contribution is -0.134. The summed E-state index contributed by atoms with van der Waals surface area (Å²) in [6.45, 7) is 4.22. The van der Waals surface area contributed by atoms with E-state index < -0.39 is 0 Å². The summed E-state index contributed by atoms with van der Waals surface area (Å²) in [5.74, 6) is 2.34. The predicted octanol–water partition coefficient (Wildman–Crippen LogP) is 4.97. The minimum absolute atomic E-state index is 0.364. The van der Waals surface area contributed by atoms with E-state index in [-0.39, 0.29) is 0 Å². The van der Waals surface area contributed by atoms with Crippen molar-refractivity contribution in [1.82, 2.24) is 14.8 Å². The van der Waals surface area contributed by atoms with Crippen molar-refractivity contribution in [2.24, 2.45) is 11.8 Å². The zero-order chi connectivity index (χ0) is 21.5. The van der Waals surface area contributed by atoms with Gasteiger partial charge >= 0.3 is 0 Å². The largest absolute Gasteiger partial charge is 0.493 e. The van der Waals surface area contributed by atoms with Crippen LogP contribution >= 0.6 is 11.3 Å². The van der Waals surface area contributed by atoms with Gasteiger partial charge in [-0.1, -0.05) is 25.0 Å². The Kier molecular flexibility index (Phi) is 7.97. The maximum Gasteiger partial charge on any atom is 0.222 e. The molecule has 1 aliphatic carbocycles. The van der Waals surface area contributed by atoms with Crippen LogP contribution in [-0.2, 0) is 17.9 Å². The number of carbonyl (C=O) groups is 1. The number of ether oxygens (including phenoxy) is 1. The minimum Gasteiger partial charge on any atom is -0.493 e. The smallest absolute Gasteiger partial charge is 0.222 e. The second-order valence-corrected chi connectivity index (χ2v) is 10.2. The summed E-state index contributed by atoms with van der Waals surface area (Å²) in [7, 11) is 2.12. The molecule has 2 aliphatic rings. The number of nitrogens with zero attached hydrogens (tertiary/aromatic N) is 3. The first kappa shape index (κ1) is 22.3. The van der Waals surface area contributed by atoms with Crippen LogP contribution in [0.2, 0.25) is 0 Å². The zero-order valence-electron chi connectivity index (χ0n) is 18.7. The van der Waals surface area contributed by atoms with E-state index in [1.165, 1.54) is 31.2 Å². The predicted molar refractivity (Wildman–Crippen MR) is 125 cm³/mol. The number of benzene rings is 1. The fourth-order valence-electron chi connectivity index (χ4n) is 4.85. The molecular weight excluding hydrogens is 406 g/mol. The van der Waals surface area contributed by atoms with E-state index in [0.29, 0.717) is 24.3 Å². The van der Waals surface area contributed by atoms with Crippen LogP contribution in [0.4, 0.5) is 0 Å². The zero-order valence-corrected chi connectivity index (χ0v) is 19.5. The monoisotopic (exact) mass is 441 g/mol. The van der Waals surface area contributed by atoms with E-state index in [1.807, 2.05) is 11.6 Å². The minimum atomic E-state index is 0.364. The number of carbonyl (C=O) groups excluding carboxylic acids is 1. The Labute approximate surface area is 190 Å². The molecule has 1 aromatic carbocycles. The van der Waals surface area contributed by atoms with Crippen molar-refractivity contribution in [1.29, 1.82) is 0 Å². The first-order valence-corrected chi connectivity index (χ1v) is 12.6. The Bertz CT molecular complexity index is 803. The molecule has 0 radical (unpaired) electrons. The molecule has 2 aromatic rings. The highest BCUT2D eigenvalue weighted by atomic mass is 32.1. The van der Waals surface area contributed by atoms with Gasteiger partial charge in [-0.15, -0.1) is 11.3 Å². The van der Waals surface area contributed by atoms with Crippen molar-refractivity contribution in [3.8, 4) is 5.75 Å². The van der Waals surface area contributed by atoms with Crippen molar-refractivity contribution in [3.05, 3.63) is 46.4 Å². The molecule has 2 fully saturated rings. The number of hydrogen-bond donors (Lipinski definition) is 0. The van der Waals surface area contributed by atoms with Gasteiger partial charge in [-0.3, -0.25) is 9.69 Å². The Hall–Kier alpha value is -1.92. The average Bonchev–Trinajstić information content (AvgIpc) is 3.48. The van der Waals surface area contributed by atoms with E-state index >= 15 is 0 Å². The third kappa shape index (κ3) is 6.78. The molecule has 0 spiro atoms. The van der Waals surface area contributed by atoms with Gasteiger partial charge in [-0.25, -0.2) is 4.98 Å². The fourth-order valence-corrected chi connectivity index (χ4v) is 5.55. The van der Waals surface area contributed by atoms with Gasteiger partial charge in [-0.2, -0.15) is 0 Å². The number of thiazole rings is 1. The molecule has 5 nitrogen and oxygen atoms in total. The maximum absolute atomic E-state index is 12.7. The summed E-state index contributed by atoms with van der Waals surface area (Å²) in [4.78, 5) is 21.4. The van der Waals surface area contributed by atoms with Crippen LogP contribution in [0.25, 0.3) is 0 Å². The highest BCUT2D eigenvalue weighted by molar-refractivity contribution is 7.09. The van der Waals surface area contributed by atoms with Crippen molar-refractivity contribution in [2.45, 2.75) is 58.0 Å². The first-order valence-electron chi connectivity index (χ1n) is 11.7. The summed E-state index contributed by atoms with van der Waals surface area (Å²) in [5, 5.41) is 3.16. The SMILES string of the molecule is CN(Cc1ccc(OC[C@@H]2CCCN(C(=O)CC3CCCC3)C2)cc1)Cc1nccs1. The molecule has 0 N–H and O–H groups in total. The molecule has 1 aliphatic heterocycles. The number of likely N-dealkylation sites (tertiary alicyclic amines) is 1. The van der Waals surface area contributed by atoms with Gasteiger partial charge < -0.3 is 9.64 Å². The third-order valence-corrected chi connectivity index (χ3v) is 7.32. The molecule has 4 rings (SSSR count). The molecule has 1 atom stereocenters.